The molecule has 1 aliphatic rings. The maximum absolute atomic E-state index is 11.7. The number of thiazole rings is 1. The maximum Gasteiger partial charge on any atom is 0.151 e. The van der Waals surface area contributed by atoms with Gasteiger partial charge in [0.1, 0.15) is 5.01 Å². The van der Waals surface area contributed by atoms with Crippen molar-refractivity contribution in [3.8, 4) is 10.7 Å². The minimum Gasteiger partial charge on any atom is -0.290 e. The summed E-state index contributed by atoms with van der Waals surface area (Å²) in [6.45, 7) is 5.08. The Morgan fingerprint density at radius 1 is 1.43 bits per heavy atom. The molecule has 0 amide bonds. The van der Waals surface area contributed by atoms with Crippen molar-refractivity contribution in [2.75, 3.05) is 18.1 Å². The molecule has 23 heavy (non-hydrogen) atoms. The average molecular weight is 349 g/mol. The molecule has 3 rings (SSSR count). The molecule has 0 aliphatic carbocycles. The first kappa shape index (κ1) is 16.3. The van der Waals surface area contributed by atoms with E-state index in [2.05, 4.69) is 21.4 Å². The second kappa shape index (κ2) is 6.90. The van der Waals surface area contributed by atoms with Crippen LogP contribution in [0.25, 0.3) is 10.7 Å². The fourth-order valence-electron chi connectivity index (χ4n) is 2.77. The molecule has 0 unspecified atom stereocenters. The highest BCUT2D eigenvalue weighted by Crippen LogP contribution is 2.24. The van der Waals surface area contributed by atoms with Gasteiger partial charge in [-0.05, 0) is 18.6 Å². The van der Waals surface area contributed by atoms with Gasteiger partial charge in [0.05, 0.1) is 22.9 Å². The molecule has 1 aliphatic heterocycles. The lowest BCUT2D eigenvalue weighted by Gasteiger charge is -2.25. The molecule has 0 bridgehead atoms. The monoisotopic (exact) mass is 349 g/mol. The van der Waals surface area contributed by atoms with Gasteiger partial charge >= 0.3 is 0 Å². The Hall–Kier alpha value is -1.57. The quantitative estimate of drug-likeness (QED) is 0.749. The van der Waals surface area contributed by atoms with E-state index in [-0.39, 0.29) is 17.5 Å². The Bertz CT molecular complexity index is 772. The molecule has 0 spiro atoms. The van der Waals surface area contributed by atoms with E-state index in [1.54, 1.807) is 17.5 Å². The van der Waals surface area contributed by atoms with Crippen LogP contribution >= 0.6 is 11.3 Å². The van der Waals surface area contributed by atoms with E-state index in [9.17, 15) is 8.42 Å². The van der Waals surface area contributed by atoms with Crippen LogP contribution in [0.5, 0.6) is 0 Å². The van der Waals surface area contributed by atoms with Gasteiger partial charge in [0, 0.05) is 30.7 Å². The second-order valence-electron chi connectivity index (χ2n) is 5.63. The number of rotatable bonds is 6. The maximum atomic E-state index is 11.7. The molecular formula is C16H19N3O2S2. The highest BCUT2D eigenvalue weighted by atomic mass is 32.2. The standard InChI is InChI=1S/C16H19N3O2S2/c1-2-8-19(14-6-9-23(20,21)12-14)10-13-11-22-16(18-13)15-5-3-4-7-17-15/h2-5,7,11,14H,1,6,8-10,12H2/t14-/m1/s1. The van der Waals surface area contributed by atoms with E-state index in [0.29, 0.717) is 19.5 Å². The molecule has 0 saturated carbocycles. The Kier molecular flexibility index (Phi) is 4.89. The van der Waals surface area contributed by atoms with Crippen molar-refractivity contribution in [3.63, 3.8) is 0 Å². The average Bonchev–Trinajstić information content (AvgIpc) is 3.14. The number of pyridine rings is 1. The second-order valence-corrected chi connectivity index (χ2v) is 8.72. The zero-order chi connectivity index (χ0) is 16.3. The van der Waals surface area contributed by atoms with Gasteiger partial charge in [-0.3, -0.25) is 9.88 Å². The first-order chi connectivity index (χ1) is 11.1. The van der Waals surface area contributed by atoms with E-state index in [0.717, 1.165) is 16.4 Å². The third kappa shape index (κ3) is 4.04. The van der Waals surface area contributed by atoms with E-state index >= 15 is 0 Å². The molecule has 122 valence electrons. The van der Waals surface area contributed by atoms with E-state index in [1.165, 1.54) is 0 Å². The lowest BCUT2D eigenvalue weighted by Crippen LogP contribution is -2.35. The highest BCUT2D eigenvalue weighted by molar-refractivity contribution is 7.91. The molecule has 3 heterocycles. The van der Waals surface area contributed by atoms with Gasteiger partial charge in [0.15, 0.2) is 9.84 Å². The lowest BCUT2D eigenvalue weighted by molar-refractivity contribution is 0.224. The summed E-state index contributed by atoms with van der Waals surface area (Å²) in [5.74, 6) is 0.514. The summed E-state index contributed by atoms with van der Waals surface area (Å²) in [4.78, 5) is 11.1. The van der Waals surface area contributed by atoms with Gasteiger partial charge in [-0.1, -0.05) is 12.1 Å². The van der Waals surface area contributed by atoms with Crippen LogP contribution in [-0.4, -0.2) is 47.4 Å². The van der Waals surface area contributed by atoms with Crippen LogP contribution in [0.2, 0.25) is 0 Å². The SMILES string of the molecule is C=CCN(Cc1csc(-c2ccccn2)n1)[C@@H]1CCS(=O)(=O)C1. The molecule has 0 N–H and O–H groups in total. The lowest BCUT2D eigenvalue weighted by atomic mass is 10.2. The summed E-state index contributed by atoms with van der Waals surface area (Å²) in [5.41, 5.74) is 1.81. The molecule has 2 aromatic rings. The number of nitrogens with zero attached hydrogens (tertiary/aromatic N) is 3. The van der Waals surface area contributed by atoms with Crippen molar-refractivity contribution < 1.29 is 8.42 Å². The van der Waals surface area contributed by atoms with Gasteiger partial charge in [-0.25, -0.2) is 13.4 Å². The first-order valence-corrected chi connectivity index (χ1v) is 10.2. The van der Waals surface area contributed by atoms with E-state index in [1.807, 2.05) is 29.7 Å². The van der Waals surface area contributed by atoms with Crippen molar-refractivity contribution in [2.24, 2.45) is 0 Å². The van der Waals surface area contributed by atoms with Crippen molar-refractivity contribution in [2.45, 2.75) is 19.0 Å². The van der Waals surface area contributed by atoms with Gasteiger partial charge in [0.25, 0.3) is 0 Å². The minimum atomic E-state index is -2.89. The minimum absolute atomic E-state index is 0.0537. The van der Waals surface area contributed by atoms with Crippen LogP contribution in [0.1, 0.15) is 12.1 Å². The molecule has 0 radical (unpaired) electrons. The van der Waals surface area contributed by atoms with Gasteiger partial charge in [-0.15, -0.1) is 17.9 Å². The summed E-state index contributed by atoms with van der Waals surface area (Å²) >= 11 is 1.56. The molecule has 1 saturated heterocycles. The fourth-order valence-corrected chi connectivity index (χ4v) is 5.31. The number of hydrogen-bond donors (Lipinski definition) is 0. The highest BCUT2D eigenvalue weighted by Gasteiger charge is 2.32. The molecular weight excluding hydrogens is 330 g/mol. The summed E-state index contributed by atoms with van der Waals surface area (Å²) < 4.78 is 23.4. The third-order valence-electron chi connectivity index (χ3n) is 3.89. The van der Waals surface area contributed by atoms with Crippen LogP contribution in [-0.2, 0) is 16.4 Å². The van der Waals surface area contributed by atoms with Crippen LogP contribution in [0, 0.1) is 0 Å². The largest absolute Gasteiger partial charge is 0.290 e. The predicted octanol–water partition coefficient (Wildman–Crippen LogP) is 2.38. The van der Waals surface area contributed by atoms with Crippen LogP contribution in [0.15, 0.2) is 42.4 Å². The molecule has 5 nitrogen and oxygen atoms in total. The van der Waals surface area contributed by atoms with Gasteiger partial charge < -0.3 is 0 Å². The zero-order valence-electron chi connectivity index (χ0n) is 12.8. The topological polar surface area (TPSA) is 63.2 Å². The van der Waals surface area contributed by atoms with Crippen molar-refractivity contribution >= 4 is 21.2 Å². The number of hydrogen-bond acceptors (Lipinski definition) is 6. The Morgan fingerprint density at radius 3 is 2.96 bits per heavy atom. The fraction of sp³-hybridized carbons (Fsp3) is 0.375. The van der Waals surface area contributed by atoms with Crippen molar-refractivity contribution in [1.82, 2.24) is 14.9 Å². The predicted molar refractivity (Wildman–Crippen MR) is 93.0 cm³/mol. The Labute approximate surface area is 140 Å². The van der Waals surface area contributed by atoms with Crippen LogP contribution in [0.3, 0.4) is 0 Å². The Balaban J connectivity index is 1.74. The normalized spacial score (nSPS) is 20.0. The van der Waals surface area contributed by atoms with Crippen molar-refractivity contribution in [3.05, 3.63) is 48.1 Å². The molecule has 2 aromatic heterocycles. The summed E-state index contributed by atoms with van der Waals surface area (Å²) in [6.07, 6.45) is 4.26. The van der Waals surface area contributed by atoms with Crippen LogP contribution < -0.4 is 0 Å². The van der Waals surface area contributed by atoms with Crippen molar-refractivity contribution in [1.29, 1.82) is 0 Å². The first-order valence-electron chi connectivity index (χ1n) is 7.48. The molecule has 1 fully saturated rings. The third-order valence-corrected chi connectivity index (χ3v) is 6.55. The van der Waals surface area contributed by atoms with E-state index in [4.69, 9.17) is 0 Å². The zero-order valence-corrected chi connectivity index (χ0v) is 14.4. The van der Waals surface area contributed by atoms with Gasteiger partial charge in [-0.2, -0.15) is 0 Å². The number of sulfone groups is 1. The molecule has 1 atom stereocenters. The molecule has 0 aromatic carbocycles. The smallest absolute Gasteiger partial charge is 0.151 e. The van der Waals surface area contributed by atoms with Crippen LogP contribution in [0.4, 0.5) is 0 Å². The molecule has 7 heteroatoms. The summed E-state index contributed by atoms with van der Waals surface area (Å²) in [6, 6.07) is 5.81. The van der Waals surface area contributed by atoms with E-state index < -0.39 is 9.84 Å². The summed E-state index contributed by atoms with van der Waals surface area (Å²) in [5, 5.41) is 2.90. The summed E-state index contributed by atoms with van der Waals surface area (Å²) in [7, 11) is -2.89. The van der Waals surface area contributed by atoms with Gasteiger partial charge in [0.2, 0.25) is 0 Å². The Morgan fingerprint density at radius 2 is 2.30 bits per heavy atom. The number of aromatic nitrogens is 2.